The Morgan fingerprint density at radius 1 is 1.05 bits per heavy atom. The smallest absolute Gasteiger partial charge is 0.146 e. The molecule has 0 aliphatic carbocycles. The van der Waals surface area contributed by atoms with Crippen molar-refractivity contribution in [2.24, 2.45) is 5.73 Å². The van der Waals surface area contributed by atoms with Gasteiger partial charge in [0.25, 0.3) is 0 Å². The topological polar surface area (TPSA) is 57.4 Å². The molecule has 0 spiro atoms. The molecule has 1 aromatic heterocycles. The number of pyridine rings is 1. The van der Waals surface area contributed by atoms with Gasteiger partial charge in [-0.1, -0.05) is 12.1 Å². The van der Waals surface area contributed by atoms with Crippen LogP contribution in [-0.2, 0) is 17.7 Å². The lowest BCUT2D eigenvalue weighted by Gasteiger charge is -2.07. The molecule has 4 nitrogen and oxygen atoms in total. The van der Waals surface area contributed by atoms with Gasteiger partial charge < -0.3 is 15.2 Å². The van der Waals surface area contributed by atoms with E-state index in [4.69, 9.17) is 15.2 Å². The maximum Gasteiger partial charge on any atom is 0.146 e. The summed E-state index contributed by atoms with van der Waals surface area (Å²) in [6.07, 6.45) is 4.32. The van der Waals surface area contributed by atoms with E-state index in [1.54, 1.807) is 19.5 Å². The van der Waals surface area contributed by atoms with Crippen LogP contribution in [0.3, 0.4) is 0 Å². The summed E-state index contributed by atoms with van der Waals surface area (Å²) in [6, 6.07) is 9.86. The summed E-state index contributed by atoms with van der Waals surface area (Å²) < 4.78 is 10.8. The summed E-state index contributed by atoms with van der Waals surface area (Å²) in [5.41, 5.74) is 7.75. The van der Waals surface area contributed by atoms with Gasteiger partial charge in [-0.25, -0.2) is 0 Å². The summed E-state index contributed by atoms with van der Waals surface area (Å²) in [7, 11) is 1.70. The summed E-state index contributed by atoms with van der Waals surface area (Å²) >= 11 is 0. The van der Waals surface area contributed by atoms with E-state index in [1.165, 1.54) is 5.56 Å². The molecule has 0 aliphatic rings. The molecule has 2 rings (SSSR count). The van der Waals surface area contributed by atoms with E-state index in [9.17, 15) is 0 Å². The molecule has 100 valence electrons. The highest BCUT2D eigenvalue weighted by molar-refractivity contribution is 5.33. The van der Waals surface area contributed by atoms with Crippen molar-refractivity contribution in [1.29, 1.82) is 0 Å². The molecular formula is C15H18N2O2. The van der Waals surface area contributed by atoms with Crippen LogP contribution < -0.4 is 10.5 Å². The summed E-state index contributed by atoms with van der Waals surface area (Å²) in [5.74, 6) is 1.49. The lowest BCUT2D eigenvalue weighted by Crippen LogP contribution is -1.97. The van der Waals surface area contributed by atoms with Crippen molar-refractivity contribution in [1.82, 2.24) is 4.98 Å². The molecule has 0 fully saturated rings. The highest BCUT2D eigenvalue weighted by Gasteiger charge is 2.00. The first-order chi connectivity index (χ1) is 9.31. The Bertz CT molecular complexity index is 512. The molecule has 0 unspecified atom stereocenters. The minimum Gasteiger partial charge on any atom is -0.456 e. The fraction of sp³-hybridized carbons (Fsp3) is 0.267. The van der Waals surface area contributed by atoms with Crippen LogP contribution in [0.15, 0.2) is 42.7 Å². The van der Waals surface area contributed by atoms with Gasteiger partial charge in [-0.15, -0.1) is 0 Å². The van der Waals surface area contributed by atoms with E-state index in [0.717, 1.165) is 24.3 Å². The number of rotatable bonds is 6. The number of nitrogens with two attached hydrogens (primary N) is 1. The van der Waals surface area contributed by atoms with Gasteiger partial charge in [0.2, 0.25) is 0 Å². The molecule has 1 heterocycles. The molecule has 0 amide bonds. The minimum absolute atomic E-state index is 0.458. The maximum atomic E-state index is 5.73. The van der Waals surface area contributed by atoms with Gasteiger partial charge in [-0.05, 0) is 35.7 Å². The number of hydrogen-bond donors (Lipinski definition) is 1. The molecule has 19 heavy (non-hydrogen) atoms. The normalized spacial score (nSPS) is 10.4. The average Bonchev–Trinajstić information content (AvgIpc) is 2.47. The minimum atomic E-state index is 0.458. The standard InChI is InChI=1S/C15H18N2O2/c1-18-7-6-12-2-4-14(5-3-12)19-15-8-13(9-16)10-17-11-15/h2-5,8,10-11H,6-7,9,16H2,1H3. The second-order valence-electron chi connectivity index (χ2n) is 4.22. The summed E-state index contributed by atoms with van der Waals surface area (Å²) in [6.45, 7) is 1.18. The molecule has 0 bridgehead atoms. The molecule has 0 saturated carbocycles. The molecule has 1 aromatic carbocycles. The Kier molecular flexibility index (Phi) is 4.89. The van der Waals surface area contributed by atoms with Gasteiger partial charge in [-0.3, -0.25) is 4.98 Å². The highest BCUT2D eigenvalue weighted by atomic mass is 16.5. The van der Waals surface area contributed by atoms with E-state index in [0.29, 0.717) is 12.3 Å². The average molecular weight is 258 g/mol. The van der Waals surface area contributed by atoms with Crippen molar-refractivity contribution in [3.8, 4) is 11.5 Å². The third kappa shape index (κ3) is 4.05. The quantitative estimate of drug-likeness (QED) is 0.865. The van der Waals surface area contributed by atoms with Gasteiger partial charge in [-0.2, -0.15) is 0 Å². The van der Waals surface area contributed by atoms with Crippen molar-refractivity contribution in [3.63, 3.8) is 0 Å². The Morgan fingerprint density at radius 2 is 1.84 bits per heavy atom. The van der Waals surface area contributed by atoms with Crippen LogP contribution >= 0.6 is 0 Å². The molecular weight excluding hydrogens is 240 g/mol. The van der Waals surface area contributed by atoms with Crippen LogP contribution in [0.5, 0.6) is 11.5 Å². The summed E-state index contributed by atoms with van der Waals surface area (Å²) in [4.78, 5) is 4.09. The van der Waals surface area contributed by atoms with Crippen LogP contribution in [0, 0.1) is 0 Å². The van der Waals surface area contributed by atoms with E-state index < -0.39 is 0 Å². The van der Waals surface area contributed by atoms with Crippen LogP contribution in [-0.4, -0.2) is 18.7 Å². The third-order valence-electron chi connectivity index (χ3n) is 2.76. The largest absolute Gasteiger partial charge is 0.456 e. The number of hydrogen-bond acceptors (Lipinski definition) is 4. The van der Waals surface area contributed by atoms with Gasteiger partial charge in [0, 0.05) is 19.9 Å². The lowest BCUT2D eigenvalue weighted by molar-refractivity contribution is 0.202. The van der Waals surface area contributed by atoms with E-state index in [-0.39, 0.29) is 0 Å². The first-order valence-electron chi connectivity index (χ1n) is 6.21. The lowest BCUT2D eigenvalue weighted by atomic mass is 10.1. The van der Waals surface area contributed by atoms with Crippen molar-refractivity contribution < 1.29 is 9.47 Å². The predicted octanol–water partition coefficient (Wildman–Crippen LogP) is 2.52. The van der Waals surface area contributed by atoms with Crippen molar-refractivity contribution in [2.75, 3.05) is 13.7 Å². The second kappa shape index (κ2) is 6.87. The fourth-order valence-corrected chi connectivity index (χ4v) is 1.71. The zero-order chi connectivity index (χ0) is 13.5. The molecule has 0 radical (unpaired) electrons. The first kappa shape index (κ1) is 13.5. The maximum absolute atomic E-state index is 5.73. The monoisotopic (exact) mass is 258 g/mol. The van der Waals surface area contributed by atoms with Crippen LogP contribution in [0.2, 0.25) is 0 Å². The Hall–Kier alpha value is -1.91. The van der Waals surface area contributed by atoms with Gasteiger partial charge in [0.05, 0.1) is 12.8 Å². The zero-order valence-corrected chi connectivity index (χ0v) is 11.0. The Labute approximate surface area is 113 Å². The molecule has 4 heteroatoms. The first-order valence-corrected chi connectivity index (χ1v) is 6.21. The number of ether oxygens (including phenoxy) is 2. The zero-order valence-electron chi connectivity index (χ0n) is 11.0. The van der Waals surface area contributed by atoms with Crippen LogP contribution in [0.25, 0.3) is 0 Å². The SMILES string of the molecule is COCCc1ccc(Oc2cncc(CN)c2)cc1. The molecule has 0 atom stereocenters. The number of methoxy groups -OCH3 is 1. The molecule has 0 aliphatic heterocycles. The molecule has 0 saturated heterocycles. The third-order valence-corrected chi connectivity index (χ3v) is 2.76. The Balaban J connectivity index is 2.02. The van der Waals surface area contributed by atoms with Gasteiger partial charge in [0.15, 0.2) is 0 Å². The van der Waals surface area contributed by atoms with Gasteiger partial charge in [0.1, 0.15) is 11.5 Å². The van der Waals surface area contributed by atoms with E-state index in [2.05, 4.69) is 4.98 Å². The Morgan fingerprint density at radius 3 is 2.53 bits per heavy atom. The highest BCUT2D eigenvalue weighted by Crippen LogP contribution is 2.21. The summed E-state index contributed by atoms with van der Waals surface area (Å²) in [5, 5.41) is 0. The van der Waals surface area contributed by atoms with Crippen LogP contribution in [0.1, 0.15) is 11.1 Å². The number of benzene rings is 1. The van der Waals surface area contributed by atoms with Crippen molar-refractivity contribution in [2.45, 2.75) is 13.0 Å². The molecule has 2 N–H and O–H groups in total. The van der Waals surface area contributed by atoms with Crippen molar-refractivity contribution in [3.05, 3.63) is 53.9 Å². The fourth-order valence-electron chi connectivity index (χ4n) is 1.71. The van der Waals surface area contributed by atoms with Crippen molar-refractivity contribution >= 4 is 0 Å². The molecule has 2 aromatic rings. The predicted molar refractivity (Wildman–Crippen MR) is 74.2 cm³/mol. The van der Waals surface area contributed by atoms with Gasteiger partial charge >= 0.3 is 0 Å². The number of nitrogens with zero attached hydrogens (tertiary/aromatic N) is 1. The van der Waals surface area contributed by atoms with E-state index in [1.807, 2.05) is 30.3 Å². The van der Waals surface area contributed by atoms with E-state index >= 15 is 0 Å². The second-order valence-corrected chi connectivity index (χ2v) is 4.22. The number of aromatic nitrogens is 1. The van der Waals surface area contributed by atoms with Crippen LogP contribution in [0.4, 0.5) is 0 Å².